The van der Waals surface area contributed by atoms with Crippen LogP contribution in [0.15, 0.2) is 73.1 Å². The summed E-state index contributed by atoms with van der Waals surface area (Å²) in [7, 11) is 0. The maximum atomic E-state index is 12.3. The second kappa shape index (κ2) is 8.12. The zero-order valence-electron chi connectivity index (χ0n) is 15.5. The minimum absolute atomic E-state index is 0.0485. The Morgan fingerprint density at radius 1 is 0.815 bits per heavy atom. The van der Waals surface area contributed by atoms with Crippen molar-refractivity contribution >= 4 is 11.6 Å². The van der Waals surface area contributed by atoms with E-state index in [4.69, 9.17) is 0 Å². The Labute approximate surface area is 160 Å². The first-order valence-corrected chi connectivity index (χ1v) is 9.61. The van der Waals surface area contributed by atoms with Gasteiger partial charge in [0.2, 0.25) is 5.91 Å². The predicted octanol–water partition coefficient (Wildman–Crippen LogP) is 3.94. The van der Waals surface area contributed by atoms with Crippen molar-refractivity contribution in [3.05, 3.63) is 84.2 Å². The zero-order valence-corrected chi connectivity index (χ0v) is 15.5. The summed E-state index contributed by atoms with van der Waals surface area (Å²) >= 11 is 0. The summed E-state index contributed by atoms with van der Waals surface area (Å²) in [6.45, 7) is 2.87. The van der Waals surface area contributed by atoms with Crippen LogP contribution in [0.5, 0.6) is 0 Å². The molecule has 1 fully saturated rings. The Hall–Kier alpha value is -3.01. The van der Waals surface area contributed by atoms with E-state index in [1.807, 2.05) is 48.8 Å². The van der Waals surface area contributed by atoms with Crippen molar-refractivity contribution in [2.45, 2.75) is 25.8 Å². The molecular weight excluding hydrogens is 334 g/mol. The molecule has 0 bridgehead atoms. The molecule has 0 atom stereocenters. The molecule has 0 saturated carbocycles. The second-order valence-corrected chi connectivity index (χ2v) is 7.07. The van der Waals surface area contributed by atoms with Gasteiger partial charge in [0, 0.05) is 43.4 Å². The molecule has 3 aromatic rings. The molecule has 0 unspecified atom stereocenters. The van der Waals surface area contributed by atoms with E-state index < -0.39 is 0 Å². The van der Waals surface area contributed by atoms with Crippen molar-refractivity contribution < 1.29 is 4.79 Å². The Bertz CT molecular complexity index is 861. The largest absolute Gasteiger partial charge is 0.372 e. The van der Waals surface area contributed by atoms with E-state index >= 15 is 0 Å². The number of hydrogen-bond donors (Lipinski definition) is 1. The highest BCUT2D eigenvalue weighted by molar-refractivity contribution is 5.78. The average molecular weight is 359 g/mol. The number of carbonyl (C=O) groups excluding carboxylic acids is 1. The van der Waals surface area contributed by atoms with Gasteiger partial charge in [-0.25, -0.2) is 0 Å². The van der Waals surface area contributed by atoms with Gasteiger partial charge < -0.3 is 14.8 Å². The number of anilines is 1. The molecule has 4 rings (SSSR count). The van der Waals surface area contributed by atoms with Gasteiger partial charge in [-0.15, -0.1) is 0 Å². The van der Waals surface area contributed by atoms with E-state index in [9.17, 15) is 4.79 Å². The summed E-state index contributed by atoms with van der Waals surface area (Å²) in [5.41, 5.74) is 4.54. The summed E-state index contributed by atoms with van der Waals surface area (Å²) < 4.78 is 2.05. The predicted molar refractivity (Wildman–Crippen MR) is 109 cm³/mol. The first-order valence-electron chi connectivity index (χ1n) is 9.61. The van der Waals surface area contributed by atoms with Gasteiger partial charge in [-0.3, -0.25) is 4.79 Å². The molecule has 138 valence electrons. The fraction of sp³-hybridized carbons (Fsp3) is 0.261. The third kappa shape index (κ3) is 4.40. The van der Waals surface area contributed by atoms with E-state index in [1.165, 1.54) is 18.5 Å². The van der Waals surface area contributed by atoms with Crippen LogP contribution in [0.3, 0.4) is 0 Å². The summed E-state index contributed by atoms with van der Waals surface area (Å²) in [6.07, 6.45) is 6.99. The summed E-state index contributed by atoms with van der Waals surface area (Å²) in [6, 6.07) is 20.6. The summed E-state index contributed by atoms with van der Waals surface area (Å²) in [4.78, 5) is 14.7. The number of benzene rings is 2. The SMILES string of the molecule is O=C(Cc1ccc(-n2cccc2)cc1)NCc1ccc(N2CCCC2)cc1. The van der Waals surface area contributed by atoms with Gasteiger partial charge in [0.1, 0.15) is 0 Å². The molecule has 27 heavy (non-hydrogen) atoms. The number of amides is 1. The molecule has 2 heterocycles. The van der Waals surface area contributed by atoms with Gasteiger partial charge in [0.05, 0.1) is 6.42 Å². The monoisotopic (exact) mass is 359 g/mol. The lowest BCUT2D eigenvalue weighted by Crippen LogP contribution is -2.24. The van der Waals surface area contributed by atoms with Crippen LogP contribution >= 0.6 is 0 Å². The topological polar surface area (TPSA) is 37.3 Å². The number of nitrogens with zero attached hydrogens (tertiary/aromatic N) is 2. The normalized spacial score (nSPS) is 13.7. The second-order valence-electron chi connectivity index (χ2n) is 7.07. The average Bonchev–Trinajstić information content (AvgIpc) is 3.41. The highest BCUT2D eigenvalue weighted by atomic mass is 16.1. The molecule has 4 heteroatoms. The Kier molecular flexibility index (Phi) is 5.24. The summed E-state index contributed by atoms with van der Waals surface area (Å²) in [5.74, 6) is 0.0485. The molecule has 1 amide bonds. The van der Waals surface area contributed by atoms with Crippen LogP contribution < -0.4 is 10.2 Å². The molecule has 0 aliphatic carbocycles. The number of aromatic nitrogens is 1. The Morgan fingerprint density at radius 2 is 1.41 bits per heavy atom. The lowest BCUT2D eigenvalue weighted by Gasteiger charge is -2.17. The standard InChI is InChI=1S/C23H25N3O/c27-23(17-19-5-9-21(10-6-19)25-13-1-2-14-25)24-18-20-7-11-22(12-8-20)26-15-3-4-16-26/h1-2,5-14H,3-4,15-18H2,(H,24,27). The van der Waals surface area contributed by atoms with E-state index in [-0.39, 0.29) is 5.91 Å². The molecule has 1 aliphatic heterocycles. The van der Waals surface area contributed by atoms with E-state index in [0.717, 1.165) is 29.9 Å². The van der Waals surface area contributed by atoms with Crippen LogP contribution in [0.2, 0.25) is 0 Å². The van der Waals surface area contributed by atoms with Gasteiger partial charge in [-0.05, 0) is 60.4 Å². The van der Waals surface area contributed by atoms with Crippen molar-refractivity contribution in [3.63, 3.8) is 0 Å². The minimum Gasteiger partial charge on any atom is -0.372 e. The highest BCUT2D eigenvalue weighted by Gasteiger charge is 2.12. The lowest BCUT2D eigenvalue weighted by molar-refractivity contribution is -0.120. The van der Waals surface area contributed by atoms with Crippen LogP contribution in [0, 0.1) is 0 Å². The maximum Gasteiger partial charge on any atom is 0.224 e. The van der Waals surface area contributed by atoms with Crippen molar-refractivity contribution in [3.8, 4) is 5.69 Å². The fourth-order valence-corrected chi connectivity index (χ4v) is 3.54. The van der Waals surface area contributed by atoms with Crippen molar-refractivity contribution in [2.75, 3.05) is 18.0 Å². The quantitative estimate of drug-likeness (QED) is 0.724. The van der Waals surface area contributed by atoms with Crippen LogP contribution in [0.25, 0.3) is 5.69 Å². The molecule has 1 N–H and O–H groups in total. The van der Waals surface area contributed by atoms with Gasteiger partial charge in [-0.1, -0.05) is 24.3 Å². The summed E-state index contributed by atoms with van der Waals surface area (Å²) in [5, 5.41) is 3.02. The lowest BCUT2D eigenvalue weighted by atomic mass is 10.1. The van der Waals surface area contributed by atoms with Crippen LogP contribution in [0.4, 0.5) is 5.69 Å². The van der Waals surface area contributed by atoms with E-state index in [0.29, 0.717) is 13.0 Å². The van der Waals surface area contributed by atoms with Crippen LogP contribution in [-0.2, 0) is 17.8 Å². The molecule has 0 spiro atoms. The Morgan fingerprint density at radius 3 is 2.07 bits per heavy atom. The third-order valence-electron chi connectivity index (χ3n) is 5.10. The molecule has 4 nitrogen and oxygen atoms in total. The first-order chi connectivity index (χ1) is 13.3. The fourth-order valence-electron chi connectivity index (χ4n) is 3.54. The van der Waals surface area contributed by atoms with Crippen LogP contribution in [-0.4, -0.2) is 23.6 Å². The maximum absolute atomic E-state index is 12.3. The van der Waals surface area contributed by atoms with Gasteiger partial charge in [-0.2, -0.15) is 0 Å². The molecular formula is C23H25N3O. The van der Waals surface area contributed by atoms with Crippen molar-refractivity contribution in [1.82, 2.24) is 9.88 Å². The number of hydrogen-bond acceptors (Lipinski definition) is 2. The zero-order chi connectivity index (χ0) is 18.5. The number of carbonyl (C=O) groups is 1. The molecule has 1 saturated heterocycles. The molecule has 0 radical (unpaired) electrons. The number of nitrogens with one attached hydrogen (secondary N) is 1. The molecule has 1 aliphatic rings. The van der Waals surface area contributed by atoms with Gasteiger partial charge in [0.25, 0.3) is 0 Å². The van der Waals surface area contributed by atoms with Gasteiger partial charge >= 0.3 is 0 Å². The van der Waals surface area contributed by atoms with E-state index in [1.54, 1.807) is 0 Å². The first kappa shape index (κ1) is 17.4. The van der Waals surface area contributed by atoms with Crippen LogP contribution in [0.1, 0.15) is 24.0 Å². The van der Waals surface area contributed by atoms with E-state index in [2.05, 4.69) is 39.0 Å². The number of rotatable bonds is 6. The minimum atomic E-state index is 0.0485. The molecule has 2 aromatic carbocycles. The third-order valence-corrected chi connectivity index (χ3v) is 5.10. The highest BCUT2D eigenvalue weighted by Crippen LogP contribution is 2.20. The van der Waals surface area contributed by atoms with Gasteiger partial charge in [0.15, 0.2) is 0 Å². The smallest absolute Gasteiger partial charge is 0.224 e. The Balaban J connectivity index is 1.28. The van der Waals surface area contributed by atoms with Crippen molar-refractivity contribution in [2.24, 2.45) is 0 Å². The molecule has 1 aromatic heterocycles. The van der Waals surface area contributed by atoms with Crippen molar-refractivity contribution in [1.29, 1.82) is 0 Å².